The number of cyclic esters (lactones) is 1. The number of tetrazole rings is 1. The minimum absolute atomic E-state index is 0.0470. The number of amides is 1. The molecule has 1 aliphatic carbocycles. The summed E-state index contributed by atoms with van der Waals surface area (Å²) in [5.41, 5.74) is 4.75. The molecule has 3 aliphatic heterocycles. The number of morpholine rings is 1. The number of carbonyl (C=O) groups is 2. The first-order chi connectivity index (χ1) is 18.5. The van der Waals surface area contributed by atoms with Gasteiger partial charge < -0.3 is 14.4 Å². The maximum Gasteiger partial charge on any atom is 0.338 e. The van der Waals surface area contributed by atoms with Crippen molar-refractivity contribution in [3.8, 4) is 5.82 Å². The second-order valence-electron chi connectivity index (χ2n) is 10.6. The molecule has 38 heavy (non-hydrogen) atoms. The minimum atomic E-state index is -0.246. The molecule has 4 atom stereocenters. The molecule has 2 aromatic heterocycles. The molecule has 7 rings (SSSR count). The third-order valence-corrected chi connectivity index (χ3v) is 8.26. The van der Waals surface area contributed by atoms with Crippen LogP contribution in [-0.4, -0.2) is 91.8 Å². The molecule has 3 aromatic rings. The maximum atomic E-state index is 13.6. The number of piperazine rings is 1. The summed E-state index contributed by atoms with van der Waals surface area (Å²) >= 11 is 0. The van der Waals surface area contributed by atoms with Crippen molar-refractivity contribution in [1.82, 2.24) is 35.0 Å². The molecule has 1 aromatic carbocycles. The Balaban J connectivity index is 1.01. The lowest BCUT2D eigenvalue weighted by atomic mass is 9.94. The van der Waals surface area contributed by atoms with Crippen LogP contribution in [0, 0.1) is 0 Å². The van der Waals surface area contributed by atoms with E-state index in [9.17, 15) is 9.59 Å². The second kappa shape index (κ2) is 9.25. The zero-order valence-corrected chi connectivity index (χ0v) is 21.2. The van der Waals surface area contributed by atoms with Crippen LogP contribution in [0.4, 0.5) is 0 Å². The van der Waals surface area contributed by atoms with Crippen molar-refractivity contribution in [2.45, 2.75) is 50.4 Å². The minimum Gasteiger partial charge on any atom is -0.459 e. The normalized spacial score (nSPS) is 26.9. The first kappa shape index (κ1) is 23.4. The van der Waals surface area contributed by atoms with E-state index < -0.39 is 0 Å². The Kier molecular flexibility index (Phi) is 5.70. The summed E-state index contributed by atoms with van der Waals surface area (Å²) in [6.07, 6.45) is 3.63. The standard InChI is InChI=1S/C27H29N7O4/c1-16-10-18-11-17(2-3-20(18)27(36)38-16)24-13-32-8-9-33(12-19(32)14-37-24)26(35)22-4-6-23-21(22)5-7-25(29-23)34-15-28-30-31-34/h2-3,5,7,11,15-16,19,22,24H,4,6,8-10,12-14H2,1H3/t16-,19?,22?,24-/m0/s1. The average Bonchev–Trinajstić information content (AvgIpc) is 3.62. The molecule has 2 unspecified atom stereocenters. The first-order valence-corrected chi connectivity index (χ1v) is 13.2. The lowest BCUT2D eigenvalue weighted by Crippen LogP contribution is -2.60. The van der Waals surface area contributed by atoms with E-state index in [0.717, 1.165) is 54.7 Å². The lowest BCUT2D eigenvalue weighted by molar-refractivity contribution is -0.141. The van der Waals surface area contributed by atoms with Gasteiger partial charge in [0, 0.05) is 38.3 Å². The summed E-state index contributed by atoms with van der Waals surface area (Å²) < 4.78 is 13.2. The summed E-state index contributed by atoms with van der Waals surface area (Å²) in [6, 6.07) is 10.0. The van der Waals surface area contributed by atoms with Crippen molar-refractivity contribution < 1.29 is 19.1 Å². The highest BCUT2D eigenvalue weighted by Gasteiger charge is 2.39. The number of benzene rings is 1. The number of aryl methyl sites for hydroxylation is 1. The Bertz CT molecular complexity index is 1390. The molecular weight excluding hydrogens is 486 g/mol. The molecule has 5 heterocycles. The fourth-order valence-corrected chi connectivity index (χ4v) is 6.29. The third-order valence-electron chi connectivity index (χ3n) is 8.26. The number of fused-ring (bicyclic) bond motifs is 3. The average molecular weight is 516 g/mol. The number of hydrogen-bond donors (Lipinski definition) is 0. The Morgan fingerprint density at radius 2 is 2.05 bits per heavy atom. The molecule has 2 saturated heterocycles. The van der Waals surface area contributed by atoms with Crippen LogP contribution < -0.4 is 0 Å². The van der Waals surface area contributed by atoms with Gasteiger partial charge in [0.1, 0.15) is 12.4 Å². The number of nitrogens with zero attached hydrogens (tertiary/aromatic N) is 7. The molecule has 0 bridgehead atoms. The van der Waals surface area contributed by atoms with Crippen molar-refractivity contribution in [3.05, 3.63) is 64.6 Å². The van der Waals surface area contributed by atoms with Crippen molar-refractivity contribution in [2.75, 3.05) is 32.8 Å². The van der Waals surface area contributed by atoms with Crippen LogP contribution in [-0.2, 0) is 27.1 Å². The first-order valence-electron chi connectivity index (χ1n) is 13.2. The highest BCUT2D eigenvalue weighted by atomic mass is 16.5. The van der Waals surface area contributed by atoms with Gasteiger partial charge in [-0.1, -0.05) is 18.2 Å². The van der Waals surface area contributed by atoms with Crippen LogP contribution in [0.25, 0.3) is 5.82 Å². The fourth-order valence-electron chi connectivity index (χ4n) is 6.29. The molecule has 2 fully saturated rings. The number of ether oxygens (including phenoxy) is 2. The molecule has 0 radical (unpaired) electrons. The molecule has 0 N–H and O–H groups in total. The van der Waals surface area contributed by atoms with Crippen LogP contribution in [0.2, 0.25) is 0 Å². The van der Waals surface area contributed by atoms with Gasteiger partial charge in [0.25, 0.3) is 0 Å². The topological polar surface area (TPSA) is 116 Å². The van der Waals surface area contributed by atoms with Gasteiger partial charge in [-0.2, -0.15) is 4.68 Å². The van der Waals surface area contributed by atoms with Gasteiger partial charge in [0.15, 0.2) is 5.82 Å². The number of carbonyl (C=O) groups excluding carboxylic acids is 2. The van der Waals surface area contributed by atoms with Crippen molar-refractivity contribution in [2.24, 2.45) is 0 Å². The van der Waals surface area contributed by atoms with Gasteiger partial charge in [0.2, 0.25) is 5.91 Å². The number of rotatable bonds is 3. The van der Waals surface area contributed by atoms with Gasteiger partial charge >= 0.3 is 5.97 Å². The zero-order valence-electron chi connectivity index (χ0n) is 21.2. The largest absolute Gasteiger partial charge is 0.459 e. The van der Waals surface area contributed by atoms with E-state index in [1.807, 2.05) is 36.1 Å². The Morgan fingerprint density at radius 1 is 1.13 bits per heavy atom. The maximum absolute atomic E-state index is 13.6. The van der Waals surface area contributed by atoms with Gasteiger partial charge in [-0.25, -0.2) is 9.78 Å². The fraction of sp³-hybridized carbons (Fsp3) is 0.481. The summed E-state index contributed by atoms with van der Waals surface area (Å²) in [5, 5.41) is 11.3. The molecule has 0 saturated carbocycles. The van der Waals surface area contributed by atoms with E-state index >= 15 is 0 Å². The quantitative estimate of drug-likeness (QED) is 0.478. The van der Waals surface area contributed by atoms with E-state index in [4.69, 9.17) is 14.5 Å². The van der Waals surface area contributed by atoms with Crippen molar-refractivity contribution in [3.63, 3.8) is 0 Å². The predicted octanol–water partition coefficient (Wildman–Crippen LogP) is 1.47. The Morgan fingerprint density at radius 3 is 2.92 bits per heavy atom. The summed E-state index contributed by atoms with van der Waals surface area (Å²) in [5.74, 6) is 0.439. The zero-order chi connectivity index (χ0) is 25.8. The Hall–Kier alpha value is -3.70. The number of hydrogen-bond acceptors (Lipinski definition) is 9. The van der Waals surface area contributed by atoms with E-state index in [-0.39, 0.29) is 36.0 Å². The van der Waals surface area contributed by atoms with Crippen molar-refractivity contribution in [1.29, 1.82) is 0 Å². The van der Waals surface area contributed by atoms with Crippen LogP contribution in [0.3, 0.4) is 0 Å². The van der Waals surface area contributed by atoms with Gasteiger partial charge in [0.05, 0.1) is 30.2 Å². The van der Waals surface area contributed by atoms with E-state index in [1.54, 1.807) is 0 Å². The van der Waals surface area contributed by atoms with Gasteiger partial charge in [-0.15, -0.1) is 5.10 Å². The summed E-state index contributed by atoms with van der Waals surface area (Å²) in [7, 11) is 0. The highest BCUT2D eigenvalue weighted by molar-refractivity contribution is 5.92. The number of aromatic nitrogens is 5. The lowest BCUT2D eigenvalue weighted by Gasteiger charge is -2.46. The highest BCUT2D eigenvalue weighted by Crippen LogP contribution is 2.35. The monoisotopic (exact) mass is 515 g/mol. The van der Waals surface area contributed by atoms with Crippen LogP contribution in [0.5, 0.6) is 0 Å². The molecule has 0 spiro atoms. The van der Waals surface area contributed by atoms with Crippen molar-refractivity contribution >= 4 is 11.9 Å². The van der Waals surface area contributed by atoms with Gasteiger partial charge in [-0.05, 0) is 59.0 Å². The molecule has 4 aliphatic rings. The van der Waals surface area contributed by atoms with Crippen LogP contribution in [0.1, 0.15) is 58.1 Å². The van der Waals surface area contributed by atoms with Gasteiger partial charge in [-0.3, -0.25) is 9.69 Å². The summed E-state index contributed by atoms with van der Waals surface area (Å²) in [4.78, 5) is 34.9. The molecule has 11 heteroatoms. The van der Waals surface area contributed by atoms with E-state index in [1.165, 1.54) is 11.0 Å². The summed E-state index contributed by atoms with van der Waals surface area (Å²) in [6.45, 7) is 5.47. The third kappa shape index (κ3) is 4.06. The molecule has 11 nitrogen and oxygen atoms in total. The molecular formula is C27H29N7O4. The number of esters is 1. The molecule has 1 amide bonds. The SMILES string of the molecule is C[C@H]1Cc2cc([C@@H]3CN4CCN(C(=O)C5CCc6nc(-n7cnnn7)ccc65)CC4CO3)ccc2C(=O)O1. The number of pyridine rings is 1. The van der Waals surface area contributed by atoms with E-state index in [0.29, 0.717) is 31.1 Å². The van der Waals surface area contributed by atoms with Crippen LogP contribution in [0.15, 0.2) is 36.7 Å². The Labute approximate surface area is 219 Å². The van der Waals surface area contributed by atoms with E-state index in [2.05, 4.69) is 26.5 Å². The smallest absolute Gasteiger partial charge is 0.338 e. The molecule has 196 valence electrons. The van der Waals surface area contributed by atoms with Crippen LogP contribution >= 0.6 is 0 Å². The predicted molar refractivity (Wildman–Crippen MR) is 134 cm³/mol. The second-order valence-corrected chi connectivity index (χ2v) is 10.6.